The molecule has 0 saturated heterocycles. The fourth-order valence-electron chi connectivity index (χ4n) is 0.866. The quantitative estimate of drug-likeness (QED) is 0.557. The number of nitrogens with zero attached hydrogens (tertiary/aromatic N) is 2. The van der Waals surface area contributed by atoms with Gasteiger partial charge in [0.05, 0.1) is 0 Å². The summed E-state index contributed by atoms with van der Waals surface area (Å²) in [7, 11) is 0. The van der Waals surface area contributed by atoms with E-state index < -0.39 is 0 Å². The largest absolute Gasteiger partial charge is 0.167 e. The predicted molar refractivity (Wildman–Crippen MR) is 46.9 cm³/mol. The van der Waals surface area contributed by atoms with Crippen LogP contribution in [-0.4, -0.2) is 21.9 Å². The van der Waals surface area contributed by atoms with Crippen LogP contribution in [0.4, 0.5) is 0 Å². The van der Waals surface area contributed by atoms with Crippen LogP contribution in [0.2, 0.25) is 0 Å². The van der Waals surface area contributed by atoms with Gasteiger partial charge in [-0.25, -0.2) is 0 Å². The van der Waals surface area contributed by atoms with Gasteiger partial charge >= 0.3 is 0 Å². The predicted octanol–water partition coefficient (Wildman–Crippen LogP) is 1.86. The van der Waals surface area contributed by atoms with E-state index in [1.165, 1.54) is 0 Å². The topological polar surface area (TPSA) is 6.48 Å². The molecule has 2 rings (SSSR count). The number of hydrazine groups is 1. The molecule has 0 saturated carbocycles. The van der Waals surface area contributed by atoms with Crippen LogP contribution in [-0.2, 0) is 0 Å². The van der Waals surface area contributed by atoms with Gasteiger partial charge in [-0.05, 0) is 34.7 Å². The van der Waals surface area contributed by atoms with Crippen LogP contribution >= 0.6 is 23.9 Å². The molecule has 0 aromatic heterocycles. The van der Waals surface area contributed by atoms with Gasteiger partial charge in [-0.15, -0.1) is 0 Å². The summed E-state index contributed by atoms with van der Waals surface area (Å²) in [5.74, 6) is 0. The Bertz CT molecular complexity index is 143. The van der Waals surface area contributed by atoms with Crippen molar-refractivity contribution in [3.63, 3.8) is 0 Å². The van der Waals surface area contributed by atoms with Crippen LogP contribution in [0.15, 0.2) is 23.0 Å². The molecular formula is C6H8N2S2. The molecule has 4 heteroatoms. The van der Waals surface area contributed by atoms with Gasteiger partial charge in [0, 0.05) is 13.1 Å². The highest BCUT2D eigenvalue weighted by Crippen LogP contribution is 2.29. The van der Waals surface area contributed by atoms with E-state index in [9.17, 15) is 0 Å². The number of hydrogen-bond donors (Lipinski definition) is 0. The summed E-state index contributed by atoms with van der Waals surface area (Å²) in [4.78, 5) is 0. The van der Waals surface area contributed by atoms with E-state index in [-0.39, 0.29) is 0 Å². The molecule has 2 nitrogen and oxygen atoms in total. The first-order chi connectivity index (χ1) is 4.97. The van der Waals surface area contributed by atoms with Crippen molar-refractivity contribution in [3.05, 3.63) is 23.0 Å². The molecule has 0 aromatic rings. The van der Waals surface area contributed by atoms with Crippen LogP contribution in [0, 0.1) is 0 Å². The smallest absolute Gasteiger partial charge is 0.0449 e. The van der Waals surface area contributed by atoms with Crippen molar-refractivity contribution in [1.29, 1.82) is 0 Å². The number of rotatable bonds is 1. The van der Waals surface area contributed by atoms with Crippen molar-refractivity contribution < 1.29 is 0 Å². The normalized spacial score (nSPS) is 26.8. The van der Waals surface area contributed by atoms with E-state index in [0.717, 1.165) is 13.1 Å². The molecule has 0 spiro atoms. The zero-order valence-electron chi connectivity index (χ0n) is 5.43. The van der Waals surface area contributed by atoms with Gasteiger partial charge in [0.1, 0.15) is 0 Å². The van der Waals surface area contributed by atoms with Crippen molar-refractivity contribution in [2.24, 2.45) is 0 Å². The molecule has 0 unspecified atom stereocenters. The summed E-state index contributed by atoms with van der Waals surface area (Å²) in [5.41, 5.74) is 0. The summed E-state index contributed by atoms with van der Waals surface area (Å²) in [6.45, 7) is 2.08. The van der Waals surface area contributed by atoms with Gasteiger partial charge in [-0.3, -0.25) is 0 Å². The first-order valence-corrected chi connectivity index (χ1v) is 4.83. The fourth-order valence-corrected chi connectivity index (χ4v) is 2.41. The molecule has 0 fully saturated rings. The van der Waals surface area contributed by atoms with E-state index in [1.54, 1.807) is 23.9 Å². The van der Waals surface area contributed by atoms with Crippen molar-refractivity contribution >= 4 is 23.9 Å². The Morgan fingerprint density at radius 3 is 1.70 bits per heavy atom. The molecule has 0 bridgehead atoms. The first kappa shape index (κ1) is 6.79. The Balaban J connectivity index is 1.89. The van der Waals surface area contributed by atoms with Crippen LogP contribution in [0.5, 0.6) is 0 Å². The molecule has 2 aliphatic heterocycles. The highest BCUT2D eigenvalue weighted by atomic mass is 32.2. The third kappa shape index (κ3) is 1.25. The van der Waals surface area contributed by atoms with E-state index >= 15 is 0 Å². The van der Waals surface area contributed by atoms with Crippen molar-refractivity contribution in [2.45, 2.75) is 0 Å². The Morgan fingerprint density at radius 2 is 1.40 bits per heavy atom. The standard InChI is InChI=1S/C6H8N2S2/c1-3-7(9-5-1)8-4-2-6-10-8/h1-2,5-6H,3-4H2. The summed E-state index contributed by atoms with van der Waals surface area (Å²) in [5, 5.41) is 4.25. The first-order valence-electron chi connectivity index (χ1n) is 3.15. The second-order valence-electron chi connectivity index (χ2n) is 2.02. The maximum Gasteiger partial charge on any atom is 0.0449 e. The van der Waals surface area contributed by atoms with Crippen molar-refractivity contribution in [1.82, 2.24) is 8.83 Å². The van der Waals surface area contributed by atoms with Gasteiger partial charge in [-0.2, -0.15) is 8.83 Å². The van der Waals surface area contributed by atoms with Gasteiger partial charge < -0.3 is 0 Å². The summed E-state index contributed by atoms with van der Waals surface area (Å²) in [6.07, 6.45) is 4.34. The molecule has 0 N–H and O–H groups in total. The highest BCUT2D eigenvalue weighted by molar-refractivity contribution is 8.02. The molecule has 10 heavy (non-hydrogen) atoms. The van der Waals surface area contributed by atoms with E-state index in [4.69, 9.17) is 0 Å². The molecule has 0 aliphatic carbocycles. The second-order valence-corrected chi connectivity index (χ2v) is 3.83. The molecule has 0 aromatic carbocycles. The molecule has 54 valence electrons. The van der Waals surface area contributed by atoms with Gasteiger partial charge in [0.25, 0.3) is 0 Å². The van der Waals surface area contributed by atoms with Crippen LogP contribution < -0.4 is 0 Å². The summed E-state index contributed by atoms with van der Waals surface area (Å²) < 4.78 is 4.48. The maximum absolute atomic E-state index is 2.24. The van der Waals surface area contributed by atoms with Gasteiger partial charge in [0.2, 0.25) is 0 Å². The van der Waals surface area contributed by atoms with E-state index in [0.29, 0.717) is 0 Å². The van der Waals surface area contributed by atoms with Gasteiger partial charge in [0.15, 0.2) is 0 Å². The molecule has 0 radical (unpaired) electrons. The third-order valence-corrected chi connectivity index (χ3v) is 3.24. The molecule has 2 heterocycles. The van der Waals surface area contributed by atoms with Crippen molar-refractivity contribution in [3.8, 4) is 0 Å². The minimum atomic E-state index is 1.04. The zero-order valence-corrected chi connectivity index (χ0v) is 7.07. The fraction of sp³-hybridized carbons (Fsp3) is 0.333. The number of hydrogen-bond acceptors (Lipinski definition) is 4. The monoisotopic (exact) mass is 172 g/mol. The van der Waals surface area contributed by atoms with E-state index in [2.05, 4.69) is 31.8 Å². The highest BCUT2D eigenvalue weighted by Gasteiger charge is 2.18. The van der Waals surface area contributed by atoms with Crippen molar-refractivity contribution in [2.75, 3.05) is 13.1 Å². The lowest BCUT2D eigenvalue weighted by Crippen LogP contribution is -2.28. The minimum absolute atomic E-state index is 1.04. The maximum atomic E-state index is 2.24. The SMILES string of the molecule is C1=CSN(N2CC=CS2)C1. The van der Waals surface area contributed by atoms with E-state index in [1.807, 2.05) is 0 Å². The lowest BCUT2D eigenvalue weighted by molar-refractivity contribution is 0.248. The molecule has 2 aliphatic rings. The third-order valence-electron chi connectivity index (χ3n) is 1.33. The van der Waals surface area contributed by atoms with Crippen LogP contribution in [0.1, 0.15) is 0 Å². The average molecular weight is 172 g/mol. The summed E-state index contributed by atoms with van der Waals surface area (Å²) >= 11 is 3.51. The average Bonchev–Trinajstić information content (AvgIpc) is 2.59. The molecule has 0 atom stereocenters. The summed E-state index contributed by atoms with van der Waals surface area (Å²) in [6, 6.07) is 0. The van der Waals surface area contributed by atoms with Gasteiger partial charge in [-0.1, -0.05) is 12.2 Å². The molecular weight excluding hydrogens is 164 g/mol. The Hall–Kier alpha value is 0.1000. The van der Waals surface area contributed by atoms with Crippen LogP contribution in [0.25, 0.3) is 0 Å². The molecule has 0 amide bonds. The Morgan fingerprint density at radius 1 is 0.900 bits per heavy atom. The lowest BCUT2D eigenvalue weighted by atomic mass is 10.6. The Kier molecular flexibility index (Phi) is 2.04. The second kappa shape index (κ2) is 3.00. The minimum Gasteiger partial charge on any atom is -0.167 e. The lowest BCUT2D eigenvalue weighted by Gasteiger charge is -2.23. The van der Waals surface area contributed by atoms with Crippen LogP contribution in [0.3, 0.4) is 0 Å². The Labute approximate surface area is 69.2 Å². The zero-order chi connectivity index (χ0) is 6.81.